The van der Waals surface area contributed by atoms with Gasteiger partial charge >= 0.3 is 0 Å². The molecule has 0 bridgehead atoms. The number of fused-ring (bicyclic) bond motifs is 1. The average molecular weight is 243 g/mol. The third-order valence-electron chi connectivity index (χ3n) is 3.08. The lowest BCUT2D eigenvalue weighted by atomic mass is 9.97. The molecule has 0 saturated carbocycles. The number of aromatic nitrogens is 1. The first-order valence-electron chi connectivity index (χ1n) is 5.81. The second-order valence-electron chi connectivity index (χ2n) is 4.35. The van der Waals surface area contributed by atoms with Gasteiger partial charge in [-0.3, -0.25) is 4.98 Å². The minimum Gasteiger partial charge on any atom is -0.508 e. The van der Waals surface area contributed by atoms with Crippen LogP contribution in [0.3, 0.4) is 0 Å². The molecule has 0 saturated heterocycles. The molecule has 2 aromatic rings. The van der Waals surface area contributed by atoms with Crippen molar-refractivity contribution in [1.29, 1.82) is 0 Å². The quantitative estimate of drug-likeness (QED) is 0.802. The summed E-state index contributed by atoms with van der Waals surface area (Å²) < 4.78 is 5.78. The summed E-state index contributed by atoms with van der Waals surface area (Å²) in [6.45, 7) is 0. The number of phenols is 1. The predicted octanol–water partition coefficient (Wildman–Crippen LogP) is 1.82. The number of hydrogen-bond acceptors (Lipinski definition) is 4. The minimum atomic E-state index is -0.628. The third-order valence-corrected chi connectivity index (χ3v) is 3.08. The van der Waals surface area contributed by atoms with Crippen molar-refractivity contribution in [2.24, 2.45) is 0 Å². The lowest BCUT2D eigenvalue weighted by Crippen LogP contribution is -2.30. The minimum absolute atomic E-state index is 0.200. The van der Waals surface area contributed by atoms with E-state index in [1.54, 1.807) is 30.5 Å². The van der Waals surface area contributed by atoms with Crippen LogP contribution in [-0.4, -0.2) is 21.3 Å². The summed E-state index contributed by atoms with van der Waals surface area (Å²) in [4.78, 5) is 4.19. The smallest absolute Gasteiger partial charge is 0.150 e. The standard InChI is InChI=1S/C14H13NO3/c16-10-5-3-9(4-6-10)14-12(17)8-11-13(18-14)2-1-7-15-11/h1-7,12,14,16-17H,8H2/t12-,14-/m1/s1. The number of ether oxygens (including phenoxy) is 1. The fraction of sp³-hybridized carbons (Fsp3) is 0.214. The highest BCUT2D eigenvalue weighted by Crippen LogP contribution is 2.34. The van der Waals surface area contributed by atoms with E-state index in [4.69, 9.17) is 4.74 Å². The molecular weight excluding hydrogens is 230 g/mol. The Hall–Kier alpha value is -2.07. The van der Waals surface area contributed by atoms with Crippen LogP contribution in [0.2, 0.25) is 0 Å². The summed E-state index contributed by atoms with van der Waals surface area (Å²) in [6, 6.07) is 10.3. The molecule has 2 heterocycles. The van der Waals surface area contributed by atoms with Crippen molar-refractivity contribution in [2.75, 3.05) is 0 Å². The normalized spacial score (nSPS) is 22.1. The van der Waals surface area contributed by atoms with Crippen LogP contribution < -0.4 is 4.74 Å². The number of hydrogen-bond donors (Lipinski definition) is 2. The van der Waals surface area contributed by atoms with Crippen molar-refractivity contribution in [2.45, 2.75) is 18.6 Å². The molecular formula is C14H13NO3. The Labute approximate surface area is 104 Å². The van der Waals surface area contributed by atoms with Crippen molar-refractivity contribution in [1.82, 2.24) is 4.98 Å². The van der Waals surface area contributed by atoms with E-state index >= 15 is 0 Å². The fourth-order valence-corrected chi connectivity index (χ4v) is 2.16. The second kappa shape index (κ2) is 4.31. The van der Waals surface area contributed by atoms with Crippen molar-refractivity contribution < 1.29 is 14.9 Å². The summed E-state index contributed by atoms with van der Waals surface area (Å²) >= 11 is 0. The number of aromatic hydroxyl groups is 1. The average Bonchev–Trinajstić information content (AvgIpc) is 2.39. The van der Waals surface area contributed by atoms with Gasteiger partial charge in [0.2, 0.25) is 0 Å². The van der Waals surface area contributed by atoms with Crippen LogP contribution >= 0.6 is 0 Å². The molecule has 1 aromatic heterocycles. The molecule has 1 aliphatic heterocycles. The molecule has 0 unspecified atom stereocenters. The van der Waals surface area contributed by atoms with Gasteiger partial charge in [0.1, 0.15) is 23.7 Å². The molecule has 92 valence electrons. The maximum absolute atomic E-state index is 10.1. The monoisotopic (exact) mass is 243 g/mol. The van der Waals surface area contributed by atoms with Crippen LogP contribution in [0.15, 0.2) is 42.6 Å². The molecule has 3 rings (SSSR count). The van der Waals surface area contributed by atoms with Crippen LogP contribution in [0, 0.1) is 0 Å². The lowest BCUT2D eigenvalue weighted by Gasteiger charge is -2.30. The van der Waals surface area contributed by atoms with E-state index in [0.717, 1.165) is 11.3 Å². The number of phenolic OH excluding ortho intramolecular Hbond substituents is 1. The van der Waals surface area contributed by atoms with Gasteiger partial charge in [-0.2, -0.15) is 0 Å². The van der Waals surface area contributed by atoms with Gasteiger partial charge in [-0.1, -0.05) is 12.1 Å². The fourth-order valence-electron chi connectivity index (χ4n) is 2.16. The van der Waals surface area contributed by atoms with Crippen molar-refractivity contribution in [3.63, 3.8) is 0 Å². The Morgan fingerprint density at radius 2 is 1.94 bits per heavy atom. The first kappa shape index (κ1) is 11.0. The van der Waals surface area contributed by atoms with Gasteiger partial charge < -0.3 is 14.9 Å². The van der Waals surface area contributed by atoms with Gasteiger partial charge in [0.25, 0.3) is 0 Å². The number of nitrogens with zero attached hydrogens (tertiary/aromatic N) is 1. The SMILES string of the molecule is Oc1ccc([C@H]2Oc3cccnc3C[C@H]2O)cc1. The molecule has 0 amide bonds. The Kier molecular flexibility index (Phi) is 2.64. The van der Waals surface area contributed by atoms with Gasteiger partial charge in [0.15, 0.2) is 0 Å². The Morgan fingerprint density at radius 3 is 2.72 bits per heavy atom. The summed E-state index contributed by atoms with van der Waals surface area (Å²) in [7, 11) is 0. The first-order chi connectivity index (χ1) is 8.74. The van der Waals surface area contributed by atoms with E-state index < -0.39 is 12.2 Å². The van der Waals surface area contributed by atoms with Crippen molar-refractivity contribution in [3.05, 3.63) is 53.9 Å². The van der Waals surface area contributed by atoms with Crippen LogP contribution in [0.25, 0.3) is 0 Å². The van der Waals surface area contributed by atoms with Crippen LogP contribution in [0.5, 0.6) is 11.5 Å². The van der Waals surface area contributed by atoms with Gasteiger partial charge in [-0.25, -0.2) is 0 Å². The van der Waals surface area contributed by atoms with Crippen LogP contribution in [-0.2, 0) is 6.42 Å². The third kappa shape index (κ3) is 1.91. The van der Waals surface area contributed by atoms with Crippen molar-refractivity contribution >= 4 is 0 Å². The van der Waals surface area contributed by atoms with Crippen LogP contribution in [0.4, 0.5) is 0 Å². The maximum Gasteiger partial charge on any atom is 0.150 e. The number of benzene rings is 1. The molecule has 4 nitrogen and oxygen atoms in total. The predicted molar refractivity (Wildman–Crippen MR) is 65.4 cm³/mol. The number of pyridine rings is 1. The lowest BCUT2D eigenvalue weighted by molar-refractivity contribution is 0.0192. The molecule has 0 radical (unpaired) electrons. The zero-order valence-corrected chi connectivity index (χ0v) is 9.65. The van der Waals surface area contributed by atoms with E-state index in [2.05, 4.69) is 4.98 Å². The van der Waals surface area contributed by atoms with Gasteiger partial charge in [-0.15, -0.1) is 0 Å². The van der Waals surface area contributed by atoms with E-state index in [0.29, 0.717) is 12.2 Å². The largest absolute Gasteiger partial charge is 0.508 e. The van der Waals surface area contributed by atoms with Gasteiger partial charge in [0.05, 0.1) is 5.69 Å². The topological polar surface area (TPSA) is 62.6 Å². The zero-order valence-electron chi connectivity index (χ0n) is 9.65. The number of aliphatic hydroxyl groups excluding tert-OH is 1. The molecule has 18 heavy (non-hydrogen) atoms. The van der Waals surface area contributed by atoms with Gasteiger partial charge in [-0.05, 0) is 29.8 Å². The zero-order chi connectivity index (χ0) is 12.5. The molecule has 1 aliphatic rings. The van der Waals surface area contributed by atoms with E-state index in [-0.39, 0.29) is 5.75 Å². The molecule has 4 heteroatoms. The van der Waals surface area contributed by atoms with E-state index in [1.807, 2.05) is 12.1 Å². The molecule has 2 N–H and O–H groups in total. The van der Waals surface area contributed by atoms with E-state index in [1.165, 1.54) is 0 Å². The molecule has 0 fully saturated rings. The highest BCUT2D eigenvalue weighted by molar-refractivity contribution is 5.34. The van der Waals surface area contributed by atoms with E-state index in [9.17, 15) is 10.2 Å². The van der Waals surface area contributed by atoms with Crippen LogP contribution in [0.1, 0.15) is 17.4 Å². The highest BCUT2D eigenvalue weighted by atomic mass is 16.5. The number of rotatable bonds is 1. The second-order valence-corrected chi connectivity index (χ2v) is 4.35. The molecule has 0 spiro atoms. The highest BCUT2D eigenvalue weighted by Gasteiger charge is 2.30. The first-order valence-corrected chi connectivity index (χ1v) is 5.81. The summed E-state index contributed by atoms with van der Waals surface area (Å²) in [5.41, 5.74) is 1.62. The molecule has 2 atom stereocenters. The van der Waals surface area contributed by atoms with Crippen molar-refractivity contribution in [3.8, 4) is 11.5 Å². The molecule has 1 aromatic carbocycles. The Balaban J connectivity index is 1.93. The summed E-state index contributed by atoms with van der Waals surface area (Å²) in [5.74, 6) is 0.909. The summed E-state index contributed by atoms with van der Waals surface area (Å²) in [5, 5.41) is 19.4. The summed E-state index contributed by atoms with van der Waals surface area (Å²) in [6.07, 6.45) is 1.12. The Bertz CT molecular complexity index is 553. The number of aliphatic hydroxyl groups is 1. The Morgan fingerprint density at radius 1 is 1.17 bits per heavy atom. The van der Waals surface area contributed by atoms with Gasteiger partial charge in [0, 0.05) is 12.6 Å². The molecule has 0 aliphatic carbocycles. The maximum atomic E-state index is 10.1.